The highest BCUT2D eigenvalue weighted by molar-refractivity contribution is 6.06. The highest BCUT2D eigenvalue weighted by atomic mass is 16.3. The molecule has 0 atom stereocenters. The van der Waals surface area contributed by atoms with Gasteiger partial charge in [0.25, 0.3) is 5.91 Å². The number of nitrogens with zero attached hydrogens (tertiary/aromatic N) is 5. The molecular weight excluding hydrogens is 440 g/mol. The molecule has 5 rings (SSSR count). The number of fused-ring (bicyclic) bond motifs is 1. The standard InChI is InChI=1S/C27H28N6O2/c1-17(2)33-26-24(16-30-33)23(15-25(31-26)22-14-18(3)35-19(22)4)27(34)28-12-10-20-6-8-21(9-7-20)32-13-5-11-29-32/h5-9,11,13-17H,10,12H2,1-4H3,(H,28,34). The quantitative estimate of drug-likeness (QED) is 0.361. The Morgan fingerprint density at radius 1 is 1.11 bits per heavy atom. The molecule has 4 aromatic heterocycles. The van der Waals surface area contributed by atoms with Crippen molar-refractivity contribution in [1.82, 2.24) is 29.9 Å². The van der Waals surface area contributed by atoms with Crippen LogP contribution >= 0.6 is 0 Å². The van der Waals surface area contributed by atoms with Gasteiger partial charge in [-0.15, -0.1) is 0 Å². The van der Waals surface area contributed by atoms with E-state index in [0.29, 0.717) is 23.4 Å². The zero-order valence-corrected chi connectivity index (χ0v) is 20.3. The fourth-order valence-electron chi connectivity index (χ4n) is 4.26. The van der Waals surface area contributed by atoms with Crippen LogP contribution in [-0.4, -0.2) is 37.0 Å². The summed E-state index contributed by atoms with van der Waals surface area (Å²) in [6, 6.07) is 14.0. The molecule has 5 aromatic rings. The molecule has 0 radical (unpaired) electrons. The third kappa shape index (κ3) is 4.47. The first-order chi connectivity index (χ1) is 16.9. The Hall–Kier alpha value is -4.20. The number of hydrogen-bond donors (Lipinski definition) is 1. The molecule has 0 fully saturated rings. The number of carbonyl (C=O) groups excluding carboxylic acids is 1. The van der Waals surface area contributed by atoms with Gasteiger partial charge in [0.2, 0.25) is 0 Å². The summed E-state index contributed by atoms with van der Waals surface area (Å²) < 4.78 is 9.38. The van der Waals surface area contributed by atoms with E-state index in [0.717, 1.165) is 40.1 Å². The first-order valence-electron chi connectivity index (χ1n) is 11.7. The minimum atomic E-state index is -0.145. The molecule has 0 bridgehead atoms. The van der Waals surface area contributed by atoms with Gasteiger partial charge < -0.3 is 9.73 Å². The van der Waals surface area contributed by atoms with Gasteiger partial charge in [0.1, 0.15) is 11.5 Å². The maximum absolute atomic E-state index is 13.3. The highest BCUT2D eigenvalue weighted by Gasteiger charge is 2.20. The van der Waals surface area contributed by atoms with E-state index in [-0.39, 0.29) is 11.9 Å². The Kier molecular flexibility index (Phi) is 5.94. The summed E-state index contributed by atoms with van der Waals surface area (Å²) >= 11 is 0. The first-order valence-corrected chi connectivity index (χ1v) is 11.7. The summed E-state index contributed by atoms with van der Waals surface area (Å²) in [7, 11) is 0. The van der Waals surface area contributed by atoms with E-state index < -0.39 is 0 Å². The normalized spacial score (nSPS) is 11.5. The summed E-state index contributed by atoms with van der Waals surface area (Å²) in [4.78, 5) is 18.2. The maximum atomic E-state index is 13.3. The van der Waals surface area contributed by atoms with Gasteiger partial charge in [-0.1, -0.05) is 12.1 Å². The second kappa shape index (κ2) is 9.21. The third-order valence-corrected chi connectivity index (χ3v) is 6.02. The molecule has 1 aromatic carbocycles. The molecule has 0 aliphatic rings. The second-order valence-corrected chi connectivity index (χ2v) is 8.93. The predicted molar refractivity (Wildman–Crippen MR) is 135 cm³/mol. The second-order valence-electron chi connectivity index (χ2n) is 8.93. The summed E-state index contributed by atoms with van der Waals surface area (Å²) in [5, 5.41) is 12.6. The molecule has 1 N–H and O–H groups in total. The minimum Gasteiger partial charge on any atom is -0.466 e. The number of rotatable bonds is 7. The molecule has 0 saturated carbocycles. The van der Waals surface area contributed by atoms with Crippen LogP contribution in [0, 0.1) is 13.8 Å². The molecule has 0 unspecified atom stereocenters. The third-order valence-electron chi connectivity index (χ3n) is 6.02. The van der Waals surface area contributed by atoms with E-state index in [9.17, 15) is 4.79 Å². The van der Waals surface area contributed by atoms with Crippen molar-refractivity contribution in [2.24, 2.45) is 0 Å². The molecule has 8 heteroatoms. The van der Waals surface area contributed by atoms with Gasteiger partial charge >= 0.3 is 0 Å². The molecule has 4 heterocycles. The molecule has 178 valence electrons. The van der Waals surface area contributed by atoms with E-state index in [2.05, 4.69) is 27.6 Å². The zero-order valence-electron chi connectivity index (χ0n) is 20.3. The van der Waals surface area contributed by atoms with Crippen molar-refractivity contribution in [3.63, 3.8) is 0 Å². The Labute approximate surface area is 203 Å². The van der Waals surface area contributed by atoms with E-state index in [4.69, 9.17) is 9.40 Å². The lowest BCUT2D eigenvalue weighted by Crippen LogP contribution is -2.26. The van der Waals surface area contributed by atoms with Gasteiger partial charge in [-0.2, -0.15) is 10.2 Å². The van der Waals surface area contributed by atoms with Crippen LogP contribution in [-0.2, 0) is 6.42 Å². The number of amides is 1. The Morgan fingerprint density at radius 2 is 1.91 bits per heavy atom. The first kappa shape index (κ1) is 22.6. The molecule has 1 amide bonds. The lowest BCUT2D eigenvalue weighted by molar-refractivity contribution is 0.0955. The monoisotopic (exact) mass is 468 g/mol. The summed E-state index contributed by atoms with van der Waals surface area (Å²) in [6.45, 7) is 8.42. The summed E-state index contributed by atoms with van der Waals surface area (Å²) in [5.74, 6) is 1.43. The molecule has 0 spiro atoms. The molecule has 0 saturated heterocycles. The van der Waals surface area contributed by atoms with Crippen LogP contribution in [0.25, 0.3) is 28.0 Å². The SMILES string of the molecule is Cc1cc(-c2cc(C(=O)NCCc3ccc(-n4cccn4)cc3)c3cnn(C(C)C)c3n2)c(C)o1. The van der Waals surface area contributed by atoms with Crippen molar-refractivity contribution < 1.29 is 9.21 Å². The van der Waals surface area contributed by atoms with Crippen LogP contribution in [0.3, 0.4) is 0 Å². The minimum absolute atomic E-state index is 0.114. The van der Waals surface area contributed by atoms with Gasteiger partial charge in [0.05, 0.1) is 28.5 Å². The van der Waals surface area contributed by atoms with Crippen LogP contribution in [0.15, 0.2) is 65.5 Å². The van der Waals surface area contributed by atoms with Crippen molar-refractivity contribution in [2.75, 3.05) is 6.54 Å². The molecule has 0 aliphatic carbocycles. The van der Waals surface area contributed by atoms with Crippen molar-refractivity contribution in [3.05, 3.63) is 83.7 Å². The van der Waals surface area contributed by atoms with Gasteiger partial charge in [-0.05, 0) is 70.0 Å². The van der Waals surface area contributed by atoms with Gasteiger partial charge in [-0.3, -0.25) is 4.79 Å². The topological polar surface area (TPSA) is 90.8 Å². The van der Waals surface area contributed by atoms with Gasteiger partial charge in [-0.25, -0.2) is 14.3 Å². The Morgan fingerprint density at radius 3 is 2.57 bits per heavy atom. The van der Waals surface area contributed by atoms with E-state index in [1.54, 1.807) is 12.4 Å². The number of carbonyl (C=O) groups is 1. The average Bonchev–Trinajstić information content (AvgIpc) is 3.58. The fraction of sp³-hybridized carbons (Fsp3) is 0.259. The predicted octanol–water partition coefficient (Wildman–Crippen LogP) is 5.05. The number of hydrogen-bond acceptors (Lipinski definition) is 5. The fourth-order valence-corrected chi connectivity index (χ4v) is 4.26. The molecule has 8 nitrogen and oxygen atoms in total. The Balaban J connectivity index is 1.38. The van der Waals surface area contributed by atoms with Gasteiger partial charge in [0, 0.05) is 30.5 Å². The maximum Gasteiger partial charge on any atom is 0.252 e. The number of aromatic nitrogens is 5. The van der Waals surface area contributed by atoms with Crippen molar-refractivity contribution in [2.45, 2.75) is 40.2 Å². The van der Waals surface area contributed by atoms with Crippen molar-refractivity contribution >= 4 is 16.9 Å². The van der Waals surface area contributed by atoms with Crippen molar-refractivity contribution in [3.8, 4) is 16.9 Å². The lowest BCUT2D eigenvalue weighted by atomic mass is 10.1. The molecule has 0 aliphatic heterocycles. The number of nitrogens with one attached hydrogen (secondary N) is 1. The number of furan rings is 1. The van der Waals surface area contributed by atoms with Crippen LogP contribution in [0.5, 0.6) is 0 Å². The van der Waals surface area contributed by atoms with Crippen LogP contribution in [0.4, 0.5) is 0 Å². The summed E-state index contributed by atoms with van der Waals surface area (Å²) in [5.41, 5.74) is 4.97. The summed E-state index contributed by atoms with van der Waals surface area (Å²) in [6.07, 6.45) is 6.11. The largest absolute Gasteiger partial charge is 0.466 e. The number of aryl methyl sites for hydroxylation is 2. The van der Waals surface area contributed by atoms with Crippen LogP contribution in [0.1, 0.15) is 47.3 Å². The van der Waals surface area contributed by atoms with Gasteiger partial charge in [0.15, 0.2) is 5.65 Å². The number of pyridine rings is 1. The van der Waals surface area contributed by atoms with E-state index in [1.807, 2.05) is 73.6 Å². The smallest absolute Gasteiger partial charge is 0.252 e. The van der Waals surface area contributed by atoms with Crippen molar-refractivity contribution in [1.29, 1.82) is 0 Å². The van der Waals surface area contributed by atoms with E-state index >= 15 is 0 Å². The highest BCUT2D eigenvalue weighted by Crippen LogP contribution is 2.30. The number of benzene rings is 1. The van der Waals surface area contributed by atoms with Crippen LogP contribution in [0.2, 0.25) is 0 Å². The molecule has 35 heavy (non-hydrogen) atoms. The van der Waals surface area contributed by atoms with Crippen LogP contribution < -0.4 is 5.32 Å². The average molecular weight is 469 g/mol. The molecular formula is C27H28N6O2. The Bertz CT molecular complexity index is 1480. The lowest BCUT2D eigenvalue weighted by Gasteiger charge is -2.11. The zero-order chi connectivity index (χ0) is 24.5. The van der Waals surface area contributed by atoms with E-state index in [1.165, 1.54) is 0 Å².